The predicted octanol–water partition coefficient (Wildman–Crippen LogP) is 1.70. The highest BCUT2D eigenvalue weighted by Crippen LogP contribution is 2.29. The van der Waals surface area contributed by atoms with Gasteiger partial charge in [0.1, 0.15) is 0 Å². The molecule has 1 heterocycles. The minimum absolute atomic E-state index is 0.0451. The van der Waals surface area contributed by atoms with Crippen LogP contribution >= 0.6 is 15.9 Å². The average Bonchev–Trinajstić information content (AvgIpc) is 2.38. The van der Waals surface area contributed by atoms with Crippen molar-refractivity contribution in [3.05, 3.63) is 28.2 Å². The molecule has 1 fully saturated rings. The van der Waals surface area contributed by atoms with E-state index in [0.717, 1.165) is 22.3 Å². The summed E-state index contributed by atoms with van der Waals surface area (Å²) in [6.07, 6.45) is -0.600. The number of anilines is 1. The summed E-state index contributed by atoms with van der Waals surface area (Å²) in [6, 6.07) is 5.92. The van der Waals surface area contributed by atoms with Crippen LogP contribution in [-0.4, -0.2) is 42.6 Å². The molecule has 5 heteroatoms. The maximum Gasteiger partial charge on any atom is 0.0980 e. The Morgan fingerprint density at radius 2 is 2.33 bits per heavy atom. The lowest BCUT2D eigenvalue weighted by Gasteiger charge is -2.34. The highest BCUT2D eigenvalue weighted by molar-refractivity contribution is 9.10. The fourth-order valence-electron chi connectivity index (χ4n) is 2.12. The van der Waals surface area contributed by atoms with Gasteiger partial charge in [-0.05, 0) is 24.6 Å². The van der Waals surface area contributed by atoms with Gasteiger partial charge in [0.2, 0.25) is 0 Å². The van der Waals surface area contributed by atoms with Gasteiger partial charge in [0.25, 0.3) is 0 Å². The standard InChI is InChI=1S/C13H18BrNO3/c1-9(17)12-3-2-10(6-13(12)14)15-4-5-18-11(7-15)8-16/h2-3,6,9,11,16-17H,4-5,7-8H2,1H3/t9-,11?/m1/s1. The molecule has 2 atom stereocenters. The molecule has 0 aliphatic carbocycles. The van der Waals surface area contributed by atoms with Crippen molar-refractivity contribution in [1.29, 1.82) is 0 Å². The van der Waals surface area contributed by atoms with Crippen LogP contribution in [0.4, 0.5) is 5.69 Å². The number of ether oxygens (including phenoxy) is 1. The minimum Gasteiger partial charge on any atom is -0.394 e. The summed E-state index contributed by atoms with van der Waals surface area (Å²) in [5, 5.41) is 18.7. The van der Waals surface area contributed by atoms with Gasteiger partial charge < -0.3 is 19.8 Å². The van der Waals surface area contributed by atoms with E-state index in [2.05, 4.69) is 20.8 Å². The fourth-order valence-corrected chi connectivity index (χ4v) is 2.81. The summed E-state index contributed by atoms with van der Waals surface area (Å²) < 4.78 is 6.33. The Bertz CT molecular complexity index is 411. The van der Waals surface area contributed by atoms with E-state index in [1.165, 1.54) is 0 Å². The molecule has 1 aliphatic rings. The van der Waals surface area contributed by atoms with Crippen molar-refractivity contribution in [2.75, 3.05) is 31.2 Å². The molecule has 0 amide bonds. The number of benzene rings is 1. The minimum atomic E-state index is -0.483. The van der Waals surface area contributed by atoms with E-state index < -0.39 is 6.10 Å². The van der Waals surface area contributed by atoms with E-state index in [0.29, 0.717) is 13.2 Å². The molecule has 18 heavy (non-hydrogen) atoms. The SMILES string of the molecule is C[C@@H](O)c1ccc(N2CCOC(CO)C2)cc1Br. The van der Waals surface area contributed by atoms with Crippen molar-refractivity contribution < 1.29 is 14.9 Å². The van der Waals surface area contributed by atoms with Gasteiger partial charge >= 0.3 is 0 Å². The van der Waals surface area contributed by atoms with E-state index >= 15 is 0 Å². The zero-order valence-corrected chi connectivity index (χ0v) is 11.9. The third kappa shape index (κ3) is 3.03. The van der Waals surface area contributed by atoms with Crippen LogP contribution in [0.25, 0.3) is 0 Å². The normalized spacial score (nSPS) is 22.0. The van der Waals surface area contributed by atoms with Gasteiger partial charge in [-0.3, -0.25) is 0 Å². The molecule has 0 radical (unpaired) electrons. The molecule has 1 aliphatic heterocycles. The quantitative estimate of drug-likeness (QED) is 0.891. The predicted molar refractivity (Wildman–Crippen MR) is 73.8 cm³/mol. The number of rotatable bonds is 3. The molecule has 0 bridgehead atoms. The van der Waals surface area contributed by atoms with Crippen LogP contribution in [0.2, 0.25) is 0 Å². The van der Waals surface area contributed by atoms with Crippen LogP contribution in [-0.2, 0) is 4.74 Å². The number of nitrogens with zero attached hydrogens (tertiary/aromatic N) is 1. The van der Waals surface area contributed by atoms with Gasteiger partial charge in [0.05, 0.1) is 25.4 Å². The smallest absolute Gasteiger partial charge is 0.0980 e. The first kappa shape index (κ1) is 13.8. The molecule has 1 saturated heterocycles. The molecule has 1 aromatic rings. The zero-order valence-electron chi connectivity index (χ0n) is 10.3. The maximum atomic E-state index is 9.59. The van der Waals surface area contributed by atoms with Gasteiger partial charge in [-0.1, -0.05) is 22.0 Å². The van der Waals surface area contributed by atoms with Crippen molar-refractivity contribution in [3.8, 4) is 0 Å². The van der Waals surface area contributed by atoms with Crippen LogP contribution in [0.1, 0.15) is 18.6 Å². The molecular weight excluding hydrogens is 298 g/mol. The second kappa shape index (κ2) is 6.02. The Hall–Kier alpha value is -0.620. The number of halogens is 1. The van der Waals surface area contributed by atoms with Crippen molar-refractivity contribution >= 4 is 21.6 Å². The molecule has 2 N–H and O–H groups in total. The Labute approximate surface area is 115 Å². The molecule has 1 unspecified atom stereocenters. The Morgan fingerprint density at radius 1 is 1.56 bits per heavy atom. The number of morpholine rings is 1. The molecule has 2 rings (SSSR count). The largest absolute Gasteiger partial charge is 0.394 e. The summed E-state index contributed by atoms with van der Waals surface area (Å²) in [5.41, 5.74) is 1.96. The van der Waals surface area contributed by atoms with E-state index in [4.69, 9.17) is 9.84 Å². The number of aliphatic hydroxyl groups is 2. The highest BCUT2D eigenvalue weighted by atomic mass is 79.9. The molecule has 4 nitrogen and oxygen atoms in total. The lowest BCUT2D eigenvalue weighted by atomic mass is 10.1. The summed E-state index contributed by atoms with van der Waals surface area (Å²) >= 11 is 3.48. The fraction of sp³-hybridized carbons (Fsp3) is 0.538. The maximum absolute atomic E-state index is 9.59. The van der Waals surface area contributed by atoms with Crippen LogP contribution in [0.5, 0.6) is 0 Å². The van der Waals surface area contributed by atoms with Crippen LogP contribution in [0.3, 0.4) is 0 Å². The molecule has 0 saturated carbocycles. The first-order valence-corrected chi connectivity index (χ1v) is 6.86. The van der Waals surface area contributed by atoms with E-state index in [-0.39, 0.29) is 12.7 Å². The Morgan fingerprint density at radius 3 is 2.94 bits per heavy atom. The second-order valence-electron chi connectivity index (χ2n) is 4.50. The monoisotopic (exact) mass is 315 g/mol. The molecule has 0 aromatic heterocycles. The van der Waals surface area contributed by atoms with Gasteiger partial charge in [-0.25, -0.2) is 0 Å². The molecular formula is C13H18BrNO3. The van der Waals surface area contributed by atoms with Crippen LogP contribution in [0.15, 0.2) is 22.7 Å². The molecule has 100 valence electrons. The molecule has 1 aromatic carbocycles. The van der Waals surface area contributed by atoms with Crippen molar-refractivity contribution in [2.24, 2.45) is 0 Å². The van der Waals surface area contributed by atoms with Gasteiger partial charge in [0.15, 0.2) is 0 Å². The van der Waals surface area contributed by atoms with Gasteiger partial charge in [-0.15, -0.1) is 0 Å². The number of aliphatic hydroxyl groups excluding tert-OH is 2. The van der Waals surface area contributed by atoms with Crippen LogP contribution in [0, 0.1) is 0 Å². The van der Waals surface area contributed by atoms with E-state index in [1.54, 1.807) is 6.92 Å². The highest BCUT2D eigenvalue weighted by Gasteiger charge is 2.20. The summed E-state index contributed by atoms with van der Waals surface area (Å²) in [6.45, 7) is 3.93. The average molecular weight is 316 g/mol. The van der Waals surface area contributed by atoms with Crippen molar-refractivity contribution in [1.82, 2.24) is 0 Å². The summed E-state index contributed by atoms with van der Waals surface area (Å²) in [7, 11) is 0. The lowest BCUT2D eigenvalue weighted by Crippen LogP contribution is -2.44. The second-order valence-corrected chi connectivity index (χ2v) is 5.36. The third-order valence-electron chi connectivity index (χ3n) is 3.14. The van der Waals surface area contributed by atoms with E-state index in [9.17, 15) is 5.11 Å². The summed E-state index contributed by atoms with van der Waals surface area (Å²) in [5.74, 6) is 0. The number of hydrogen-bond donors (Lipinski definition) is 2. The first-order chi connectivity index (χ1) is 8.61. The van der Waals surface area contributed by atoms with Crippen molar-refractivity contribution in [2.45, 2.75) is 19.1 Å². The molecule has 0 spiro atoms. The Kier molecular flexibility index (Phi) is 4.61. The third-order valence-corrected chi connectivity index (χ3v) is 3.83. The zero-order chi connectivity index (χ0) is 13.1. The van der Waals surface area contributed by atoms with Crippen LogP contribution < -0.4 is 4.90 Å². The topological polar surface area (TPSA) is 52.9 Å². The first-order valence-electron chi connectivity index (χ1n) is 6.06. The number of hydrogen-bond acceptors (Lipinski definition) is 4. The Balaban J connectivity index is 2.16. The van der Waals surface area contributed by atoms with Gasteiger partial charge in [-0.2, -0.15) is 0 Å². The summed E-state index contributed by atoms with van der Waals surface area (Å²) in [4.78, 5) is 2.18. The van der Waals surface area contributed by atoms with Crippen molar-refractivity contribution in [3.63, 3.8) is 0 Å². The van der Waals surface area contributed by atoms with Gasteiger partial charge in [0, 0.05) is 23.2 Å². The lowest BCUT2D eigenvalue weighted by molar-refractivity contribution is 0.00356. The van der Waals surface area contributed by atoms with E-state index in [1.807, 2.05) is 18.2 Å².